The van der Waals surface area contributed by atoms with Crippen LogP contribution in [0.1, 0.15) is 52.4 Å². The zero-order valence-electron chi connectivity index (χ0n) is 8.92. The Morgan fingerprint density at radius 3 is 2.08 bits per heavy atom. The molecule has 0 bridgehead atoms. The van der Waals surface area contributed by atoms with Gasteiger partial charge in [-0.1, -0.05) is 19.8 Å². The summed E-state index contributed by atoms with van der Waals surface area (Å²) in [4.78, 5) is 0. The minimum atomic E-state index is -0.0640. The van der Waals surface area contributed by atoms with E-state index in [0.717, 1.165) is 11.8 Å². The summed E-state index contributed by atoms with van der Waals surface area (Å²) in [6, 6.07) is 0. The molecule has 0 spiro atoms. The molecule has 1 unspecified atom stereocenters. The molecular weight excluding hydrogens is 160 g/mol. The highest BCUT2D eigenvalue weighted by atomic mass is 16.3. The van der Waals surface area contributed by atoms with Gasteiger partial charge in [0, 0.05) is 0 Å². The van der Waals surface area contributed by atoms with E-state index < -0.39 is 0 Å². The SMILES string of the molecule is CC1CCC(C2(C(C)O)CC2)CC1. The number of hydrogen-bond acceptors (Lipinski definition) is 1. The van der Waals surface area contributed by atoms with Crippen molar-refractivity contribution in [1.82, 2.24) is 0 Å². The second-order valence-corrected chi connectivity index (χ2v) is 5.37. The third-order valence-corrected chi connectivity index (χ3v) is 4.49. The molecule has 0 amide bonds. The number of aliphatic hydroxyl groups excluding tert-OH is 1. The topological polar surface area (TPSA) is 20.2 Å². The van der Waals surface area contributed by atoms with Gasteiger partial charge in [-0.05, 0) is 49.9 Å². The first kappa shape index (κ1) is 9.51. The van der Waals surface area contributed by atoms with Crippen molar-refractivity contribution in [2.45, 2.75) is 58.5 Å². The van der Waals surface area contributed by atoms with Crippen LogP contribution in [0.4, 0.5) is 0 Å². The maximum Gasteiger partial charge on any atom is 0.0570 e. The lowest BCUT2D eigenvalue weighted by Crippen LogP contribution is -2.30. The van der Waals surface area contributed by atoms with E-state index in [9.17, 15) is 5.11 Å². The zero-order chi connectivity index (χ0) is 9.47. The van der Waals surface area contributed by atoms with Crippen molar-refractivity contribution in [3.8, 4) is 0 Å². The van der Waals surface area contributed by atoms with E-state index in [1.807, 2.05) is 6.92 Å². The summed E-state index contributed by atoms with van der Waals surface area (Å²) in [5, 5.41) is 9.76. The monoisotopic (exact) mass is 182 g/mol. The van der Waals surface area contributed by atoms with Gasteiger partial charge in [-0.3, -0.25) is 0 Å². The molecule has 0 aromatic heterocycles. The first-order valence-corrected chi connectivity index (χ1v) is 5.83. The van der Waals surface area contributed by atoms with Crippen LogP contribution in [0.25, 0.3) is 0 Å². The van der Waals surface area contributed by atoms with Crippen molar-refractivity contribution in [2.24, 2.45) is 17.3 Å². The summed E-state index contributed by atoms with van der Waals surface area (Å²) in [5.74, 6) is 1.77. The molecule has 1 nitrogen and oxygen atoms in total. The maximum absolute atomic E-state index is 9.76. The number of aliphatic hydroxyl groups is 1. The normalized spacial score (nSPS) is 39.9. The summed E-state index contributed by atoms with van der Waals surface area (Å²) in [6.07, 6.45) is 8.01. The second kappa shape index (κ2) is 3.27. The van der Waals surface area contributed by atoms with Crippen LogP contribution in [0.15, 0.2) is 0 Å². The summed E-state index contributed by atoms with van der Waals surface area (Å²) < 4.78 is 0. The maximum atomic E-state index is 9.76. The fourth-order valence-corrected chi connectivity index (χ4v) is 3.15. The largest absolute Gasteiger partial charge is 0.393 e. The van der Waals surface area contributed by atoms with Crippen LogP contribution < -0.4 is 0 Å². The molecule has 2 rings (SSSR count). The smallest absolute Gasteiger partial charge is 0.0570 e. The Kier molecular flexibility index (Phi) is 2.39. The molecule has 0 heterocycles. The summed E-state index contributed by atoms with van der Waals surface area (Å²) in [5.41, 5.74) is 0.361. The molecule has 2 aliphatic rings. The molecule has 1 atom stereocenters. The van der Waals surface area contributed by atoms with Crippen molar-refractivity contribution in [1.29, 1.82) is 0 Å². The van der Waals surface area contributed by atoms with Crippen molar-refractivity contribution in [3.63, 3.8) is 0 Å². The van der Waals surface area contributed by atoms with Crippen molar-refractivity contribution in [2.75, 3.05) is 0 Å². The van der Waals surface area contributed by atoms with Crippen LogP contribution in [-0.4, -0.2) is 11.2 Å². The Hall–Kier alpha value is -0.0400. The van der Waals surface area contributed by atoms with E-state index >= 15 is 0 Å². The molecule has 2 aliphatic carbocycles. The van der Waals surface area contributed by atoms with Crippen LogP contribution in [-0.2, 0) is 0 Å². The van der Waals surface area contributed by atoms with Gasteiger partial charge in [0.25, 0.3) is 0 Å². The van der Waals surface area contributed by atoms with Gasteiger partial charge < -0.3 is 5.11 Å². The molecule has 13 heavy (non-hydrogen) atoms. The van der Waals surface area contributed by atoms with Gasteiger partial charge in [0.1, 0.15) is 0 Å². The zero-order valence-corrected chi connectivity index (χ0v) is 8.92. The average Bonchev–Trinajstić information content (AvgIpc) is 2.86. The van der Waals surface area contributed by atoms with Crippen LogP contribution in [0, 0.1) is 17.3 Å². The molecule has 1 heteroatoms. The lowest BCUT2D eigenvalue weighted by molar-refractivity contribution is 0.0477. The molecule has 0 aromatic rings. The van der Waals surface area contributed by atoms with Crippen LogP contribution in [0.5, 0.6) is 0 Å². The Balaban J connectivity index is 1.94. The predicted molar refractivity (Wildman–Crippen MR) is 54.5 cm³/mol. The van der Waals surface area contributed by atoms with Gasteiger partial charge in [-0.2, -0.15) is 0 Å². The van der Waals surface area contributed by atoms with Gasteiger partial charge in [-0.25, -0.2) is 0 Å². The van der Waals surface area contributed by atoms with E-state index in [1.165, 1.54) is 38.5 Å². The van der Waals surface area contributed by atoms with Crippen molar-refractivity contribution < 1.29 is 5.11 Å². The van der Waals surface area contributed by atoms with Crippen molar-refractivity contribution in [3.05, 3.63) is 0 Å². The fraction of sp³-hybridized carbons (Fsp3) is 1.00. The second-order valence-electron chi connectivity index (χ2n) is 5.37. The quantitative estimate of drug-likeness (QED) is 0.696. The van der Waals surface area contributed by atoms with Crippen LogP contribution in [0.2, 0.25) is 0 Å². The fourth-order valence-electron chi connectivity index (χ4n) is 3.15. The highest BCUT2D eigenvalue weighted by Gasteiger charge is 2.52. The lowest BCUT2D eigenvalue weighted by Gasteiger charge is -2.34. The van der Waals surface area contributed by atoms with E-state index in [0.29, 0.717) is 5.41 Å². The number of rotatable bonds is 2. The molecule has 2 fully saturated rings. The van der Waals surface area contributed by atoms with Gasteiger partial charge >= 0.3 is 0 Å². The van der Waals surface area contributed by atoms with Crippen LogP contribution in [0.3, 0.4) is 0 Å². The Morgan fingerprint density at radius 2 is 1.69 bits per heavy atom. The van der Waals surface area contributed by atoms with E-state index in [-0.39, 0.29) is 6.10 Å². The van der Waals surface area contributed by atoms with E-state index in [2.05, 4.69) is 6.92 Å². The minimum absolute atomic E-state index is 0.0640. The third kappa shape index (κ3) is 1.63. The Bertz CT molecular complexity index is 174. The van der Waals surface area contributed by atoms with E-state index in [4.69, 9.17) is 0 Å². The van der Waals surface area contributed by atoms with Gasteiger partial charge in [-0.15, -0.1) is 0 Å². The summed E-state index contributed by atoms with van der Waals surface area (Å²) in [7, 11) is 0. The average molecular weight is 182 g/mol. The third-order valence-electron chi connectivity index (χ3n) is 4.49. The Morgan fingerprint density at radius 1 is 1.15 bits per heavy atom. The number of hydrogen-bond donors (Lipinski definition) is 1. The molecule has 0 aromatic carbocycles. The van der Waals surface area contributed by atoms with E-state index in [1.54, 1.807) is 0 Å². The van der Waals surface area contributed by atoms with Gasteiger partial charge in [0.2, 0.25) is 0 Å². The Labute approximate surface area is 81.5 Å². The van der Waals surface area contributed by atoms with Gasteiger partial charge in [0.05, 0.1) is 6.10 Å². The van der Waals surface area contributed by atoms with Crippen molar-refractivity contribution >= 4 is 0 Å². The molecule has 0 aliphatic heterocycles. The molecular formula is C12H22O. The standard InChI is InChI=1S/C12H22O/c1-9-3-5-11(6-4-9)12(7-8-12)10(2)13/h9-11,13H,3-8H2,1-2H3. The summed E-state index contributed by atoms with van der Waals surface area (Å²) in [6.45, 7) is 4.35. The highest BCUT2D eigenvalue weighted by molar-refractivity contribution is 5.02. The molecule has 76 valence electrons. The van der Waals surface area contributed by atoms with Gasteiger partial charge in [0.15, 0.2) is 0 Å². The molecule has 0 radical (unpaired) electrons. The highest BCUT2D eigenvalue weighted by Crippen LogP contribution is 2.58. The predicted octanol–water partition coefficient (Wildman–Crippen LogP) is 2.97. The summed E-state index contributed by atoms with van der Waals surface area (Å²) >= 11 is 0. The lowest BCUT2D eigenvalue weighted by atomic mass is 9.72. The minimum Gasteiger partial charge on any atom is -0.393 e. The molecule has 2 saturated carbocycles. The van der Waals surface area contributed by atoms with Crippen LogP contribution >= 0.6 is 0 Å². The first-order valence-electron chi connectivity index (χ1n) is 5.83. The first-order chi connectivity index (χ1) is 6.15. The molecule has 1 N–H and O–H groups in total. The molecule has 0 saturated heterocycles.